The van der Waals surface area contributed by atoms with Crippen molar-refractivity contribution in [2.75, 3.05) is 10.6 Å². The Labute approximate surface area is 118 Å². The average Bonchev–Trinajstić information content (AvgIpc) is 3.25. The summed E-state index contributed by atoms with van der Waals surface area (Å²) in [5, 5.41) is 6.11. The number of nitrogens with one attached hydrogen (secondary N) is 2. The van der Waals surface area contributed by atoms with Crippen molar-refractivity contribution in [1.82, 2.24) is 4.98 Å². The quantitative estimate of drug-likeness (QED) is 0.891. The van der Waals surface area contributed by atoms with Crippen LogP contribution in [-0.4, -0.2) is 10.9 Å². The fraction of sp³-hybridized carbons (Fsp3) is 0.250. The lowest BCUT2D eigenvalue weighted by molar-refractivity contribution is -0.117. The molecule has 0 unspecified atom stereocenters. The van der Waals surface area contributed by atoms with E-state index in [2.05, 4.69) is 34.7 Å². The molecule has 4 heteroatoms. The molecule has 1 heterocycles. The van der Waals surface area contributed by atoms with Gasteiger partial charge in [-0.3, -0.25) is 4.79 Å². The summed E-state index contributed by atoms with van der Waals surface area (Å²) in [5.41, 5.74) is 2.95. The van der Waals surface area contributed by atoms with Crippen LogP contribution in [0.4, 0.5) is 17.2 Å². The first kappa shape index (κ1) is 12.7. The zero-order chi connectivity index (χ0) is 13.9. The van der Waals surface area contributed by atoms with Gasteiger partial charge in [-0.25, -0.2) is 4.98 Å². The third kappa shape index (κ3) is 3.15. The highest BCUT2D eigenvalue weighted by Gasteiger charge is 2.29. The Morgan fingerprint density at radius 3 is 2.70 bits per heavy atom. The monoisotopic (exact) mass is 267 g/mol. The number of hydrogen-bond donors (Lipinski definition) is 2. The molecule has 0 saturated heterocycles. The SMILES string of the molecule is Cc1cccc(Nc2ccc(NC(=O)C3CC3)cn2)c1. The Morgan fingerprint density at radius 1 is 1.20 bits per heavy atom. The minimum absolute atomic E-state index is 0.103. The highest BCUT2D eigenvalue weighted by molar-refractivity contribution is 5.93. The lowest BCUT2D eigenvalue weighted by Crippen LogP contribution is -2.13. The van der Waals surface area contributed by atoms with E-state index in [1.165, 1.54) is 5.56 Å². The van der Waals surface area contributed by atoms with Crippen LogP contribution >= 0.6 is 0 Å². The van der Waals surface area contributed by atoms with Gasteiger partial charge in [0.15, 0.2) is 0 Å². The van der Waals surface area contributed by atoms with Crippen molar-refractivity contribution in [1.29, 1.82) is 0 Å². The zero-order valence-corrected chi connectivity index (χ0v) is 11.4. The molecule has 1 aliphatic rings. The van der Waals surface area contributed by atoms with Crippen LogP contribution in [0.2, 0.25) is 0 Å². The maximum absolute atomic E-state index is 11.6. The highest BCUT2D eigenvalue weighted by atomic mass is 16.2. The van der Waals surface area contributed by atoms with Gasteiger partial charge in [0.2, 0.25) is 5.91 Å². The Balaban J connectivity index is 1.65. The van der Waals surface area contributed by atoms with Crippen LogP contribution in [-0.2, 0) is 4.79 Å². The topological polar surface area (TPSA) is 54.0 Å². The standard InChI is InChI=1S/C16H17N3O/c1-11-3-2-4-13(9-11)18-15-8-7-14(10-17-15)19-16(20)12-5-6-12/h2-4,7-10,12H,5-6H2,1H3,(H,17,18)(H,19,20). The maximum Gasteiger partial charge on any atom is 0.227 e. The number of aromatic nitrogens is 1. The van der Waals surface area contributed by atoms with Crippen molar-refractivity contribution in [3.63, 3.8) is 0 Å². The molecule has 1 aromatic heterocycles. The van der Waals surface area contributed by atoms with Crippen molar-refractivity contribution in [3.8, 4) is 0 Å². The van der Waals surface area contributed by atoms with Gasteiger partial charge in [0, 0.05) is 11.6 Å². The largest absolute Gasteiger partial charge is 0.340 e. The second-order valence-corrected chi connectivity index (χ2v) is 5.19. The molecule has 20 heavy (non-hydrogen) atoms. The molecule has 1 amide bonds. The number of pyridine rings is 1. The van der Waals surface area contributed by atoms with Gasteiger partial charge >= 0.3 is 0 Å². The Hall–Kier alpha value is -2.36. The summed E-state index contributed by atoms with van der Waals surface area (Å²) >= 11 is 0. The predicted molar refractivity (Wildman–Crippen MR) is 80.1 cm³/mol. The molecule has 0 atom stereocenters. The zero-order valence-electron chi connectivity index (χ0n) is 11.4. The van der Waals surface area contributed by atoms with Crippen molar-refractivity contribution in [3.05, 3.63) is 48.2 Å². The third-order valence-electron chi connectivity index (χ3n) is 3.27. The normalized spacial score (nSPS) is 13.8. The van der Waals surface area contributed by atoms with Crippen LogP contribution in [0.1, 0.15) is 18.4 Å². The molecular formula is C16H17N3O. The second kappa shape index (κ2) is 5.33. The van der Waals surface area contributed by atoms with E-state index in [0.29, 0.717) is 0 Å². The first-order valence-corrected chi connectivity index (χ1v) is 6.81. The van der Waals surface area contributed by atoms with Crippen LogP contribution in [0.5, 0.6) is 0 Å². The van der Waals surface area contributed by atoms with E-state index < -0.39 is 0 Å². The number of nitrogens with zero attached hydrogens (tertiary/aromatic N) is 1. The Bertz CT molecular complexity index is 618. The van der Waals surface area contributed by atoms with E-state index in [4.69, 9.17) is 0 Å². The van der Waals surface area contributed by atoms with E-state index in [1.54, 1.807) is 6.20 Å². The van der Waals surface area contributed by atoms with Gasteiger partial charge in [-0.15, -0.1) is 0 Å². The van der Waals surface area contributed by atoms with E-state index in [-0.39, 0.29) is 11.8 Å². The molecular weight excluding hydrogens is 250 g/mol. The summed E-state index contributed by atoms with van der Waals surface area (Å²) in [5.74, 6) is 1.08. The number of anilines is 3. The summed E-state index contributed by atoms with van der Waals surface area (Å²) in [6.45, 7) is 2.05. The Kier molecular flexibility index (Phi) is 3.37. The Morgan fingerprint density at radius 2 is 2.05 bits per heavy atom. The molecule has 0 bridgehead atoms. The summed E-state index contributed by atoms with van der Waals surface area (Å²) in [6, 6.07) is 11.8. The van der Waals surface area contributed by atoms with Crippen LogP contribution in [0, 0.1) is 12.8 Å². The van der Waals surface area contributed by atoms with E-state index in [1.807, 2.05) is 24.3 Å². The number of hydrogen-bond acceptors (Lipinski definition) is 3. The first-order valence-electron chi connectivity index (χ1n) is 6.81. The van der Waals surface area contributed by atoms with Gasteiger partial charge in [-0.1, -0.05) is 12.1 Å². The number of amides is 1. The van der Waals surface area contributed by atoms with Crippen LogP contribution < -0.4 is 10.6 Å². The summed E-state index contributed by atoms with van der Waals surface area (Å²) in [6.07, 6.45) is 3.69. The number of benzene rings is 1. The number of carbonyl (C=O) groups excluding carboxylic acids is 1. The molecule has 102 valence electrons. The summed E-state index contributed by atoms with van der Waals surface area (Å²) in [7, 11) is 0. The fourth-order valence-electron chi connectivity index (χ4n) is 2.00. The van der Waals surface area contributed by atoms with E-state index in [9.17, 15) is 4.79 Å². The smallest absolute Gasteiger partial charge is 0.227 e. The number of aryl methyl sites for hydroxylation is 1. The van der Waals surface area contributed by atoms with Crippen molar-refractivity contribution in [2.24, 2.45) is 5.92 Å². The van der Waals surface area contributed by atoms with Gasteiger partial charge in [0.1, 0.15) is 5.82 Å². The minimum atomic E-state index is 0.103. The molecule has 2 aromatic rings. The average molecular weight is 267 g/mol. The molecule has 1 aliphatic carbocycles. The van der Waals surface area contributed by atoms with Gasteiger partial charge < -0.3 is 10.6 Å². The predicted octanol–water partition coefficient (Wildman–Crippen LogP) is 3.48. The van der Waals surface area contributed by atoms with Crippen LogP contribution in [0.15, 0.2) is 42.6 Å². The molecule has 1 aromatic carbocycles. The molecule has 0 spiro atoms. The lowest BCUT2D eigenvalue weighted by Gasteiger charge is -2.08. The fourth-order valence-corrected chi connectivity index (χ4v) is 2.00. The molecule has 0 aliphatic heterocycles. The molecule has 0 radical (unpaired) electrons. The summed E-state index contributed by atoms with van der Waals surface area (Å²) < 4.78 is 0. The molecule has 4 nitrogen and oxygen atoms in total. The second-order valence-electron chi connectivity index (χ2n) is 5.19. The summed E-state index contributed by atoms with van der Waals surface area (Å²) in [4.78, 5) is 15.9. The van der Waals surface area contributed by atoms with E-state index >= 15 is 0 Å². The van der Waals surface area contributed by atoms with Crippen molar-refractivity contribution >= 4 is 23.1 Å². The number of carbonyl (C=O) groups is 1. The van der Waals surface area contributed by atoms with Gasteiger partial charge in [-0.05, 0) is 49.6 Å². The lowest BCUT2D eigenvalue weighted by atomic mass is 10.2. The highest BCUT2D eigenvalue weighted by Crippen LogP contribution is 2.30. The molecule has 3 rings (SSSR count). The van der Waals surface area contributed by atoms with Gasteiger partial charge in [-0.2, -0.15) is 0 Å². The molecule has 1 fully saturated rings. The minimum Gasteiger partial charge on any atom is -0.340 e. The molecule has 2 N–H and O–H groups in total. The van der Waals surface area contributed by atoms with Gasteiger partial charge in [0.05, 0.1) is 11.9 Å². The van der Waals surface area contributed by atoms with Crippen LogP contribution in [0.3, 0.4) is 0 Å². The first-order chi connectivity index (χ1) is 9.70. The van der Waals surface area contributed by atoms with Crippen LogP contribution in [0.25, 0.3) is 0 Å². The van der Waals surface area contributed by atoms with E-state index in [0.717, 1.165) is 30.0 Å². The number of rotatable bonds is 4. The maximum atomic E-state index is 11.6. The molecule has 1 saturated carbocycles. The van der Waals surface area contributed by atoms with Crippen molar-refractivity contribution in [2.45, 2.75) is 19.8 Å². The van der Waals surface area contributed by atoms with Gasteiger partial charge in [0.25, 0.3) is 0 Å². The third-order valence-corrected chi connectivity index (χ3v) is 3.27. The van der Waals surface area contributed by atoms with Crippen molar-refractivity contribution < 1.29 is 4.79 Å².